The van der Waals surface area contributed by atoms with Gasteiger partial charge in [0.15, 0.2) is 0 Å². The van der Waals surface area contributed by atoms with Gasteiger partial charge in [-0.15, -0.1) is 0 Å². The van der Waals surface area contributed by atoms with Crippen molar-refractivity contribution in [3.63, 3.8) is 0 Å². The van der Waals surface area contributed by atoms with Crippen molar-refractivity contribution in [2.45, 2.75) is 50.3 Å². The third kappa shape index (κ3) is 8.35. The molecule has 2 aromatic rings. The topological polar surface area (TPSA) is 179 Å². The molecule has 0 radical (unpaired) electrons. The van der Waals surface area contributed by atoms with Gasteiger partial charge in [0.05, 0.1) is 24.0 Å². The fraction of sp³-hybridized carbons (Fsp3) is 0.348. The minimum Gasteiger partial charge on any atom is -0.507 e. The van der Waals surface area contributed by atoms with Gasteiger partial charge >= 0.3 is 11.9 Å². The van der Waals surface area contributed by atoms with Crippen molar-refractivity contribution in [2.24, 2.45) is 0 Å². The molecule has 0 fully saturated rings. The molecular weight excluding hydrogens is 480 g/mol. The molecule has 1 atom stereocenters. The van der Waals surface area contributed by atoms with Crippen LogP contribution in [0.15, 0.2) is 47.4 Å². The molecule has 1 amide bonds. The number of phenols is 1. The van der Waals surface area contributed by atoms with Gasteiger partial charge < -0.3 is 25.4 Å². The summed E-state index contributed by atoms with van der Waals surface area (Å²) in [6, 6.07) is 7.98. The molecule has 0 bridgehead atoms. The average molecular weight is 509 g/mol. The quantitative estimate of drug-likeness (QED) is 0.296. The van der Waals surface area contributed by atoms with Gasteiger partial charge in [0, 0.05) is 12.1 Å². The van der Waals surface area contributed by atoms with Crippen LogP contribution in [0.1, 0.15) is 53.5 Å². The van der Waals surface area contributed by atoms with Crippen LogP contribution in [0, 0.1) is 0 Å². The highest BCUT2D eigenvalue weighted by Crippen LogP contribution is 2.21. The van der Waals surface area contributed by atoms with Crippen molar-refractivity contribution in [1.82, 2.24) is 10.0 Å². The number of esters is 1. The molecule has 0 aliphatic heterocycles. The summed E-state index contributed by atoms with van der Waals surface area (Å²) in [6.45, 7) is 4.50. The van der Waals surface area contributed by atoms with E-state index in [9.17, 15) is 33.0 Å². The molecule has 0 unspecified atom stereocenters. The molecule has 5 N–H and O–H groups in total. The van der Waals surface area contributed by atoms with Crippen molar-refractivity contribution in [2.75, 3.05) is 6.61 Å². The number of rotatable bonds is 10. The number of carboxylic acids is 1. The molecule has 0 heterocycles. The van der Waals surface area contributed by atoms with Crippen molar-refractivity contribution in [3.05, 3.63) is 59.2 Å². The van der Waals surface area contributed by atoms with Gasteiger partial charge in [0.25, 0.3) is 5.91 Å². The lowest BCUT2D eigenvalue weighted by Crippen LogP contribution is -2.40. The van der Waals surface area contributed by atoms with E-state index in [0.29, 0.717) is 5.56 Å². The number of aliphatic hydroxyl groups is 1. The van der Waals surface area contributed by atoms with Gasteiger partial charge in [-0.2, -0.15) is 0 Å². The summed E-state index contributed by atoms with van der Waals surface area (Å²) >= 11 is 0. The number of carbonyl (C=O) groups is 3. The summed E-state index contributed by atoms with van der Waals surface area (Å²) < 4.78 is 32.5. The molecule has 11 nitrogen and oxygen atoms in total. The number of benzene rings is 2. The predicted octanol–water partition coefficient (Wildman–Crippen LogP) is 1.39. The Morgan fingerprint density at radius 1 is 1.06 bits per heavy atom. The highest BCUT2D eigenvalue weighted by atomic mass is 32.2. The highest BCUT2D eigenvalue weighted by molar-refractivity contribution is 7.89. The number of aromatic carboxylic acids is 1. The zero-order valence-electron chi connectivity index (χ0n) is 19.4. The summed E-state index contributed by atoms with van der Waals surface area (Å²) in [5.41, 5.74) is -0.506. The van der Waals surface area contributed by atoms with Gasteiger partial charge in [0.1, 0.15) is 16.9 Å². The first-order valence-electron chi connectivity index (χ1n) is 10.5. The highest BCUT2D eigenvalue weighted by Gasteiger charge is 2.22. The maximum atomic E-state index is 12.5. The SMILES string of the molecule is CC(C)(C)OC(=O)C[C@@H](CO)NC(=O)c1ccc(CNS(=O)(=O)c2ccc(O)c(C(=O)O)c2)cc1. The van der Waals surface area contributed by atoms with Crippen LogP contribution in [0.2, 0.25) is 0 Å². The van der Waals surface area contributed by atoms with Gasteiger partial charge in [0.2, 0.25) is 10.0 Å². The Morgan fingerprint density at radius 2 is 1.69 bits per heavy atom. The minimum absolute atomic E-state index is 0.147. The van der Waals surface area contributed by atoms with E-state index in [2.05, 4.69) is 10.0 Å². The number of carboxylic acid groups (broad SMARTS) is 1. The number of sulfonamides is 1. The van der Waals surface area contributed by atoms with Crippen molar-refractivity contribution in [1.29, 1.82) is 0 Å². The van der Waals surface area contributed by atoms with E-state index in [1.165, 1.54) is 24.3 Å². The zero-order chi connectivity index (χ0) is 26.4. The molecule has 0 aromatic heterocycles. The number of carbonyl (C=O) groups excluding carboxylic acids is 2. The van der Waals surface area contributed by atoms with Gasteiger partial charge in [-0.3, -0.25) is 9.59 Å². The van der Waals surface area contributed by atoms with Crippen molar-refractivity contribution >= 4 is 27.9 Å². The van der Waals surface area contributed by atoms with Crippen LogP contribution in [-0.4, -0.2) is 59.8 Å². The molecule has 0 aliphatic rings. The normalized spacial score (nSPS) is 12.6. The minimum atomic E-state index is -4.08. The summed E-state index contributed by atoms with van der Waals surface area (Å²) in [6.07, 6.45) is -0.208. The largest absolute Gasteiger partial charge is 0.507 e. The van der Waals surface area contributed by atoms with E-state index in [-0.39, 0.29) is 23.4 Å². The number of hydrogen-bond donors (Lipinski definition) is 5. The summed E-state index contributed by atoms with van der Waals surface area (Å²) in [4.78, 5) is 35.2. The van der Waals surface area contributed by atoms with Gasteiger partial charge in [-0.05, 0) is 56.7 Å². The first-order valence-corrected chi connectivity index (χ1v) is 12.0. The summed E-state index contributed by atoms with van der Waals surface area (Å²) in [7, 11) is -4.08. The maximum Gasteiger partial charge on any atom is 0.339 e. The Labute approximate surface area is 202 Å². The second-order valence-electron chi connectivity index (χ2n) is 8.65. The Morgan fingerprint density at radius 3 is 2.23 bits per heavy atom. The number of amides is 1. The molecular formula is C23H28N2O9S. The Hall–Kier alpha value is -3.48. The molecule has 0 saturated heterocycles. The third-order valence-corrected chi connectivity index (χ3v) is 5.98. The zero-order valence-corrected chi connectivity index (χ0v) is 20.3. The maximum absolute atomic E-state index is 12.5. The van der Waals surface area contributed by atoms with Crippen LogP contribution in [0.3, 0.4) is 0 Å². The molecule has 35 heavy (non-hydrogen) atoms. The monoisotopic (exact) mass is 508 g/mol. The van der Waals surface area contributed by atoms with Crippen LogP contribution in [0.5, 0.6) is 5.75 Å². The van der Waals surface area contributed by atoms with E-state index in [1.807, 2.05) is 0 Å². The smallest absolute Gasteiger partial charge is 0.339 e. The Balaban J connectivity index is 2.00. The number of nitrogens with one attached hydrogen (secondary N) is 2. The first kappa shape index (κ1) is 27.8. The molecule has 190 valence electrons. The van der Waals surface area contributed by atoms with Crippen molar-refractivity contribution < 1.29 is 42.9 Å². The first-order chi connectivity index (χ1) is 16.2. The molecule has 0 saturated carbocycles. The predicted molar refractivity (Wildman–Crippen MR) is 124 cm³/mol. The summed E-state index contributed by atoms with van der Waals surface area (Å²) in [5.74, 6) is -3.13. The Bertz CT molecular complexity index is 1190. The number of aliphatic hydroxyl groups excluding tert-OH is 1. The van der Waals surface area contributed by atoms with Crippen LogP contribution < -0.4 is 10.0 Å². The van der Waals surface area contributed by atoms with Gasteiger partial charge in [-0.1, -0.05) is 12.1 Å². The van der Waals surface area contributed by atoms with Crippen LogP contribution >= 0.6 is 0 Å². The Kier molecular flexibility index (Phi) is 8.96. The fourth-order valence-electron chi connectivity index (χ4n) is 2.90. The number of aromatic hydroxyl groups is 1. The summed E-state index contributed by atoms with van der Waals surface area (Å²) in [5, 5.41) is 30.6. The fourth-order valence-corrected chi connectivity index (χ4v) is 3.95. The van der Waals surface area contributed by atoms with E-state index in [1.54, 1.807) is 20.8 Å². The van der Waals surface area contributed by atoms with E-state index < -0.39 is 57.4 Å². The lowest BCUT2D eigenvalue weighted by Gasteiger charge is -2.22. The van der Waals surface area contributed by atoms with E-state index in [0.717, 1.165) is 18.2 Å². The molecule has 0 spiro atoms. The second-order valence-corrected chi connectivity index (χ2v) is 10.4. The second kappa shape index (κ2) is 11.3. The third-order valence-electron chi connectivity index (χ3n) is 4.58. The van der Waals surface area contributed by atoms with E-state index >= 15 is 0 Å². The molecule has 2 aromatic carbocycles. The number of ether oxygens (including phenoxy) is 1. The van der Waals surface area contributed by atoms with Crippen molar-refractivity contribution in [3.8, 4) is 5.75 Å². The van der Waals surface area contributed by atoms with Crippen LogP contribution in [0.25, 0.3) is 0 Å². The van der Waals surface area contributed by atoms with Crippen LogP contribution in [0.4, 0.5) is 0 Å². The standard InChI is InChI=1S/C23H28N2O9S/c1-23(2,3)34-20(28)10-16(13-26)25-21(29)15-6-4-14(5-7-15)12-24-35(32,33)17-8-9-19(27)18(11-17)22(30)31/h4-9,11,16,24,26-27H,10,12-13H2,1-3H3,(H,25,29)(H,30,31)/t16-/m0/s1. The lowest BCUT2D eigenvalue weighted by molar-refractivity contribution is -0.155. The number of hydrogen-bond acceptors (Lipinski definition) is 8. The average Bonchev–Trinajstić information content (AvgIpc) is 2.76. The van der Waals surface area contributed by atoms with Gasteiger partial charge in [-0.25, -0.2) is 17.9 Å². The molecule has 0 aliphatic carbocycles. The van der Waals surface area contributed by atoms with E-state index in [4.69, 9.17) is 9.84 Å². The molecule has 2 rings (SSSR count). The lowest BCUT2D eigenvalue weighted by atomic mass is 10.1. The van der Waals surface area contributed by atoms with Crippen LogP contribution in [-0.2, 0) is 26.1 Å². The molecule has 12 heteroatoms.